The Labute approximate surface area is 203 Å². The summed E-state index contributed by atoms with van der Waals surface area (Å²) < 4.78 is 12.0. The third kappa shape index (κ3) is 3.99. The van der Waals surface area contributed by atoms with E-state index >= 15 is 0 Å². The Bertz CT molecular complexity index is 1020. The van der Waals surface area contributed by atoms with Crippen LogP contribution >= 0.6 is 0 Å². The summed E-state index contributed by atoms with van der Waals surface area (Å²) in [5.41, 5.74) is 4.13. The van der Waals surface area contributed by atoms with Crippen LogP contribution in [-0.4, -0.2) is 30.2 Å². The number of fused-ring (bicyclic) bond motifs is 1. The number of piperidine rings is 1. The molecular formula is C30H36NO3. The predicted molar refractivity (Wildman–Crippen MR) is 133 cm³/mol. The van der Waals surface area contributed by atoms with E-state index in [9.17, 15) is 4.79 Å². The highest BCUT2D eigenvalue weighted by Crippen LogP contribution is 2.56. The first-order chi connectivity index (χ1) is 16.7. The smallest absolute Gasteiger partial charge is 0.410 e. The number of hydrogen-bond acceptors (Lipinski definition) is 3. The molecular weight excluding hydrogens is 422 g/mol. The van der Waals surface area contributed by atoms with Crippen LogP contribution in [0.2, 0.25) is 0 Å². The lowest BCUT2D eigenvalue weighted by molar-refractivity contribution is -0.0137. The highest BCUT2D eigenvalue weighted by Gasteiger charge is 2.55. The number of carbonyl (C=O) groups is 1. The molecule has 3 atom stereocenters. The number of ether oxygens (including phenoxy) is 2. The number of amides is 1. The molecule has 0 unspecified atom stereocenters. The van der Waals surface area contributed by atoms with Crippen molar-refractivity contribution in [3.8, 4) is 5.75 Å². The van der Waals surface area contributed by atoms with Crippen LogP contribution in [0, 0.1) is 18.3 Å². The SMILES string of the molecule is O=C(OCc1ccccc1)N1CC[C@]23CCCC[C@H]2[C@H]1Cc1ccc(OC[CH]C2CCC2)cc13. The van der Waals surface area contributed by atoms with Gasteiger partial charge >= 0.3 is 6.09 Å². The van der Waals surface area contributed by atoms with Gasteiger partial charge in [-0.05, 0) is 66.3 Å². The molecule has 2 aromatic carbocycles. The second kappa shape index (κ2) is 9.28. The predicted octanol–water partition coefficient (Wildman–Crippen LogP) is 6.46. The summed E-state index contributed by atoms with van der Waals surface area (Å²) in [6.45, 7) is 1.84. The van der Waals surface area contributed by atoms with Crippen LogP contribution in [0.4, 0.5) is 4.79 Å². The number of nitrogens with zero attached hydrogens (tertiary/aromatic N) is 1. The first kappa shape index (κ1) is 22.0. The van der Waals surface area contributed by atoms with Gasteiger partial charge in [0.1, 0.15) is 12.4 Å². The molecule has 4 aliphatic rings. The maximum absolute atomic E-state index is 13.2. The van der Waals surface area contributed by atoms with E-state index in [2.05, 4.69) is 29.5 Å². The molecule has 1 saturated heterocycles. The fourth-order valence-corrected chi connectivity index (χ4v) is 7.06. The maximum atomic E-state index is 13.2. The standard InChI is InChI=1S/C30H36NO3/c32-29(34-21-23-7-2-1-3-8-23)31-17-16-30-15-5-4-11-26(30)28(31)19-24-12-13-25(20-27(24)30)33-18-14-22-9-6-10-22/h1-3,7-8,12-14,20,22,26,28H,4-6,9-11,15-19,21H2/t26-,28+,30+/m0/s1. The second-order valence-corrected chi connectivity index (χ2v) is 10.8. The molecule has 6 rings (SSSR count). The lowest BCUT2D eigenvalue weighted by atomic mass is 9.52. The van der Waals surface area contributed by atoms with E-state index in [1.54, 1.807) is 0 Å². The molecule has 1 amide bonds. The van der Waals surface area contributed by atoms with Gasteiger partial charge in [0.15, 0.2) is 0 Å². The molecule has 1 radical (unpaired) electrons. The number of likely N-dealkylation sites (tertiary alicyclic amines) is 1. The van der Waals surface area contributed by atoms with Gasteiger partial charge in [0.2, 0.25) is 0 Å². The van der Waals surface area contributed by atoms with Crippen molar-refractivity contribution in [2.24, 2.45) is 11.8 Å². The lowest BCUT2D eigenvalue weighted by Gasteiger charge is -2.58. The van der Waals surface area contributed by atoms with Crippen LogP contribution < -0.4 is 4.74 Å². The largest absolute Gasteiger partial charge is 0.493 e. The first-order valence-electron chi connectivity index (χ1n) is 13.3. The number of benzene rings is 2. The Hall–Kier alpha value is -2.49. The molecule has 179 valence electrons. The van der Waals surface area contributed by atoms with Gasteiger partial charge in [-0.25, -0.2) is 4.79 Å². The highest BCUT2D eigenvalue weighted by atomic mass is 16.6. The van der Waals surface area contributed by atoms with Gasteiger partial charge in [-0.15, -0.1) is 0 Å². The van der Waals surface area contributed by atoms with E-state index in [0.717, 1.165) is 36.6 Å². The second-order valence-electron chi connectivity index (χ2n) is 10.8. The van der Waals surface area contributed by atoms with Crippen molar-refractivity contribution in [1.29, 1.82) is 0 Å². The van der Waals surface area contributed by atoms with Gasteiger partial charge in [0, 0.05) is 24.4 Å². The minimum atomic E-state index is -0.150. The van der Waals surface area contributed by atoms with E-state index < -0.39 is 0 Å². The van der Waals surface area contributed by atoms with Crippen molar-refractivity contribution < 1.29 is 14.3 Å². The third-order valence-electron chi connectivity index (χ3n) is 9.08. The summed E-state index contributed by atoms with van der Waals surface area (Å²) in [6.07, 6.45) is 13.1. The van der Waals surface area contributed by atoms with Crippen LogP contribution in [-0.2, 0) is 23.2 Å². The van der Waals surface area contributed by atoms with Crippen molar-refractivity contribution in [1.82, 2.24) is 4.90 Å². The monoisotopic (exact) mass is 458 g/mol. The molecule has 34 heavy (non-hydrogen) atoms. The Morgan fingerprint density at radius 2 is 1.91 bits per heavy atom. The molecule has 1 aliphatic heterocycles. The van der Waals surface area contributed by atoms with Crippen LogP contribution in [0.1, 0.15) is 68.1 Å². The molecule has 2 saturated carbocycles. The third-order valence-corrected chi connectivity index (χ3v) is 9.08. The zero-order valence-electron chi connectivity index (χ0n) is 20.1. The summed E-state index contributed by atoms with van der Waals surface area (Å²) in [5.74, 6) is 2.28. The molecule has 3 aliphatic carbocycles. The van der Waals surface area contributed by atoms with Gasteiger partial charge in [-0.3, -0.25) is 0 Å². The normalized spacial score (nSPS) is 27.8. The number of hydrogen-bond donors (Lipinski definition) is 0. The molecule has 3 fully saturated rings. The molecule has 4 heteroatoms. The van der Waals surface area contributed by atoms with Gasteiger partial charge in [0.25, 0.3) is 0 Å². The summed E-state index contributed by atoms with van der Waals surface area (Å²) in [5, 5.41) is 0. The van der Waals surface area contributed by atoms with Crippen LogP contribution in [0.25, 0.3) is 0 Å². The van der Waals surface area contributed by atoms with Crippen molar-refractivity contribution in [3.05, 3.63) is 71.6 Å². The Morgan fingerprint density at radius 1 is 1.03 bits per heavy atom. The number of carbonyl (C=O) groups excluding carboxylic acids is 1. The average molecular weight is 459 g/mol. The van der Waals surface area contributed by atoms with E-state index in [-0.39, 0.29) is 17.6 Å². The molecule has 0 N–H and O–H groups in total. The van der Waals surface area contributed by atoms with E-state index in [0.29, 0.717) is 19.1 Å². The van der Waals surface area contributed by atoms with Gasteiger partial charge < -0.3 is 14.4 Å². The topological polar surface area (TPSA) is 38.8 Å². The minimum Gasteiger partial charge on any atom is -0.493 e. The van der Waals surface area contributed by atoms with Crippen LogP contribution in [0.3, 0.4) is 0 Å². The Kier molecular flexibility index (Phi) is 6.01. The first-order valence-corrected chi connectivity index (χ1v) is 13.3. The Morgan fingerprint density at radius 3 is 2.74 bits per heavy atom. The molecule has 2 bridgehead atoms. The molecule has 0 spiro atoms. The quantitative estimate of drug-likeness (QED) is 0.498. The summed E-state index contributed by atoms with van der Waals surface area (Å²) in [4.78, 5) is 15.2. The molecule has 4 nitrogen and oxygen atoms in total. The van der Waals surface area contributed by atoms with E-state index in [4.69, 9.17) is 9.47 Å². The zero-order valence-corrected chi connectivity index (χ0v) is 20.1. The Balaban J connectivity index is 1.20. The molecule has 2 aromatic rings. The van der Waals surface area contributed by atoms with Crippen LogP contribution in [0.15, 0.2) is 48.5 Å². The average Bonchev–Trinajstić information content (AvgIpc) is 2.85. The van der Waals surface area contributed by atoms with Gasteiger partial charge in [0.05, 0.1) is 6.61 Å². The highest BCUT2D eigenvalue weighted by molar-refractivity contribution is 5.69. The zero-order chi connectivity index (χ0) is 23.0. The van der Waals surface area contributed by atoms with Gasteiger partial charge in [-0.2, -0.15) is 0 Å². The fourth-order valence-electron chi connectivity index (χ4n) is 7.06. The van der Waals surface area contributed by atoms with Crippen molar-refractivity contribution >= 4 is 6.09 Å². The summed E-state index contributed by atoms with van der Waals surface area (Å²) in [7, 11) is 0. The molecule has 1 heterocycles. The summed E-state index contributed by atoms with van der Waals surface area (Å²) >= 11 is 0. The summed E-state index contributed by atoms with van der Waals surface area (Å²) in [6, 6.07) is 17.0. The molecule has 0 aromatic heterocycles. The fraction of sp³-hybridized carbons (Fsp3) is 0.533. The lowest BCUT2D eigenvalue weighted by Crippen LogP contribution is -2.62. The minimum absolute atomic E-state index is 0.150. The van der Waals surface area contributed by atoms with Crippen LogP contribution in [0.5, 0.6) is 5.75 Å². The van der Waals surface area contributed by atoms with Crippen molar-refractivity contribution in [2.75, 3.05) is 13.2 Å². The van der Waals surface area contributed by atoms with Crippen molar-refractivity contribution in [3.63, 3.8) is 0 Å². The van der Waals surface area contributed by atoms with Crippen molar-refractivity contribution in [2.45, 2.75) is 75.9 Å². The van der Waals surface area contributed by atoms with E-state index in [1.165, 1.54) is 56.1 Å². The van der Waals surface area contributed by atoms with Gasteiger partial charge in [-0.1, -0.05) is 68.5 Å². The van der Waals surface area contributed by atoms with E-state index in [1.807, 2.05) is 30.3 Å². The number of rotatable bonds is 6. The maximum Gasteiger partial charge on any atom is 0.410 e.